The van der Waals surface area contributed by atoms with Gasteiger partial charge in [0.1, 0.15) is 0 Å². The predicted molar refractivity (Wildman–Crippen MR) is 94.5 cm³/mol. The lowest BCUT2D eigenvalue weighted by molar-refractivity contribution is 0.0785. The smallest absolute Gasteiger partial charge is 0.255 e. The summed E-state index contributed by atoms with van der Waals surface area (Å²) in [5, 5.41) is 0.0878. The molecule has 0 N–H and O–H groups in total. The van der Waals surface area contributed by atoms with Crippen LogP contribution >= 0.6 is 11.6 Å². The van der Waals surface area contributed by atoms with E-state index in [9.17, 15) is 22.0 Å². The first-order valence-electron chi connectivity index (χ1n) is 7.45. The van der Waals surface area contributed by atoms with Crippen molar-refractivity contribution in [3.8, 4) is 0 Å². The molecule has 0 aliphatic rings. The Balaban J connectivity index is 2.32. The summed E-state index contributed by atoms with van der Waals surface area (Å²) in [7, 11) is 0.471. The lowest BCUT2D eigenvalue weighted by Gasteiger charge is -2.19. The number of nitrogens with zero attached hydrogens (tertiary/aromatic N) is 2. The maximum atomic E-state index is 13.3. The van der Waals surface area contributed by atoms with E-state index in [4.69, 9.17) is 11.6 Å². The third kappa shape index (κ3) is 4.20. The van der Waals surface area contributed by atoms with Crippen LogP contribution in [-0.2, 0) is 16.6 Å². The van der Waals surface area contributed by atoms with Gasteiger partial charge >= 0.3 is 0 Å². The molecule has 26 heavy (non-hydrogen) atoms. The number of benzene rings is 2. The van der Waals surface area contributed by atoms with E-state index in [1.807, 2.05) is 0 Å². The molecule has 0 fully saturated rings. The maximum Gasteiger partial charge on any atom is 0.255 e. The largest absolute Gasteiger partial charge is 0.337 e. The molecule has 0 atom stereocenters. The zero-order valence-corrected chi connectivity index (χ0v) is 15.9. The highest BCUT2D eigenvalue weighted by Crippen LogP contribution is 2.24. The molecule has 0 spiro atoms. The highest BCUT2D eigenvalue weighted by Gasteiger charge is 2.22. The maximum absolute atomic E-state index is 13.3. The van der Waals surface area contributed by atoms with Crippen LogP contribution in [-0.4, -0.2) is 44.7 Å². The molecule has 0 heterocycles. The minimum atomic E-state index is -3.73. The second-order valence-corrected chi connectivity index (χ2v) is 8.40. The standard InChI is InChI=1S/C17H17ClF2N2O3S/c1-21(2)26(24,25)12-5-6-14(18)13(9-12)17(23)22(3)10-11-4-7-15(19)16(20)8-11/h4-9H,10H2,1-3H3. The summed E-state index contributed by atoms with van der Waals surface area (Å²) in [5.41, 5.74) is 0.382. The van der Waals surface area contributed by atoms with Gasteiger partial charge in [-0.2, -0.15) is 0 Å². The van der Waals surface area contributed by atoms with E-state index in [-0.39, 0.29) is 22.0 Å². The molecule has 0 aliphatic carbocycles. The minimum absolute atomic E-state index is 0.000301. The zero-order valence-electron chi connectivity index (χ0n) is 14.3. The second kappa shape index (κ2) is 7.69. The number of hydrogen-bond donors (Lipinski definition) is 0. The SMILES string of the molecule is CN(Cc1ccc(F)c(F)c1)C(=O)c1cc(S(=O)(=O)N(C)C)ccc1Cl. The van der Waals surface area contributed by atoms with Crippen LogP contribution in [0.15, 0.2) is 41.3 Å². The summed E-state index contributed by atoms with van der Waals surface area (Å²) >= 11 is 6.05. The van der Waals surface area contributed by atoms with Crippen molar-refractivity contribution in [2.45, 2.75) is 11.4 Å². The third-order valence-corrected chi connectivity index (χ3v) is 5.84. The van der Waals surface area contributed by atoms with E-state index in [1.165, 1.54) is 50.3 Å². The van der Waals surface area contributed by atoms with Crippen LogP contribution in [0.3, 0.4) is 0 Å². The Morgan fingerprint density at radius 2 is 1.69 bits per heavy atom. The van der Waals surface area contributed by atoms with E-state index < -0.39 is 27.6 Å². The summed E-state index contributed by atoms with van der Waals surface area (Å²) in [6.07, 6.45) is 0. The van der Waals surface area contributed by atoms with Gasteiger partial charge in [-0.3, -0.25) is 4.79 Å². The van der Waals surface area contributed by atoms with Gasteiger partial charge < -0.3 is 4.90 Å². The van der Waals surface area contributed by atoms with Crippen molar-refractivity contribution in [2.24, 2.45) is 0 Å². The van der Waals surface area contributed by atoms with Crippen LogP contribution in [0.4, 0.5) is 8.78 Å². The van der Waals surface area contributed by atoms with Gasteiger partial charge in [0.25, 0.3) is 5.91 Å². The summed E-state index contributed by atoms with van der Waals surface area (Å²) in [4.78, 5) is 13.8. The number of carbonyl (C=O) groups is 1. The number of carbonyl (C=O) groups excluding carboxylic acids is 1. The van der Waals surface area contributed by atoms with Gasteiger partial charge in [0.2, 0.25) is 10.0 Å². The molecule has 2 rings (SSSR count). The zero-order chi connectivity index (χ0) is 19.6. The first-order valence-corrected chi connectivity index (χ1v) is 9.27. The molecule has 9 heteroatoms. The highest BCUT2D eigenvalue weighted by molar-refractivity contribution is 7.89. The Morgan fingerprint density at radius 1 is 1.04 bits per heavy atom. The van der Waals surface area contributed by atoms with Crippen LogP contribution in [0.2, 0.25) is 5.02 Å². The van der Waals surface area contributed by atoms with E-state index >= 15 is 0 Å². The van der Waals surface area contributed by atoms with Crippen molar-refractivity contribution < 1.29 is 22.0 Å². The van der Waals surface area contributed by atoms with Gasteiger partial charge in [-0.05, 0) is 35.9 Å². The topological polar surface area (TPSA) is 57.7 Å². The van der Waals surface area contributed by atoms with Crippen LogP contribution < -0.4 is 0 Å². The average molecular weight is 403 g/mol. The molecule has 2 aromatic rings. The fourth-order valence-electron chi connectivity index (χ4n) is 2.23. The van der Waals surface area contributed by atoms with Crippen LogP contribution in [0.5, 0.6) is 0 Å². The fourth-order valence-corrected chi connectivity index (χ4v) is 3.36. The first kappa shape index (κ1) is 20.3. The van der Waals surface area contributed by atoms with E-state index in [0.29, 0.717) is 5.56 Å². The number of halogens is 3. The summed E-state index contributed by atoms with van der Waals surface area (Å²) in [6.45, 7) is -0.00296. The lowest BCUT2D eigenvalue weighted by Crippen LogP contribution is -2.27. The number of sulfonamides is 1. The predicted octanol–water partition coefficient (Wildman–Crippen LogP) is 3.14. The normalized spacial score (nSPS) is 11.7. The quantitative estimate of drug-likeness (QED) is 0.772. The minimum Gasteiger partial charge on any atom is -0.337 e. The van der Waals surface area contributed by atoms with Crippen LogP contribution in [0.25, 0.3) is 0 Å². The van der Waals surface area contributed by atoms with Gasteiger partial charge in [0, 0.05) is 27.7 Å². The van der Waals surface area contributed by atoms with Crippen LogP contribution in [0, 0.1) is 11.6 Å². The first-order chi connectivity index (χ1) is 12.0. The molecule has 0 bridgehead atoms. The summed E-state index contributed by atoms with van der Waals surface area (Å²) in [6, 6.07) is 7.16. The Bertz CT molecular complexity index is 949. The highest BCUT2D eigenvalue weighted by atomic mass is 35.5. The third-order valence-electron chi connectivity index (χ3n) is 3.70. The van der Waals surface area contributed by atoms with Gasteiger partial charge in [0.15, 0.2) is 11.6 Å². The Morgan fingerprint density at radius 3 is 2.27 bits per heavy atom. The Kier molecular flexibility index (Phi) is 6.00. The molecule has 2 aromatic carbocycles. The Labute approximate surface area is 155 Å². The van der Waals surface area contributed by atoms with Gasteiger partial charge in [-0.15, -0.1) is 0 Å². The average Bonchev–Trinajstić information content (AvgIpc) is 2.57. The molecule has 0 unspecified atom stereocenters. The summed E-state index contributed by atoms with van der Waals surface area (Å²) < 4.78 is 51.8. The molecule has 0 saturated carbocycles. The van der Waals surface area contributed by atoms with Crippen molar-refractivity contribution in [1.29, 1.82) is 0 Å². The van der Waals surface area contributed by atoms with Crippen molar-refractivity contribution in [1.82, 2.24) is 9.21 Å². The molecule has 5 nitrogen and oxygen atoms in total. The van der Waals surface area contributed by atoms with Crippen molar-refractivity contribution >= 4 is 27.5 Å². The van der Waals surface area contributed by atoms with Crippen molar-refractivity contribution in [3.05, 3.63) is 64.2 Å². The van der Waals surface area contributed by atoms with Crippen molar-refractivity contribution in [2.75, 3.05) is 21.1 Å². The number of amides is 1. The van der Waals surface area contributed by atoms with Gasteiger partial charge in [0.05, 0.1) is 15.5 Å². The molecular formula is C17H17ClF2N2O3S. The molecule has 0 saturated heterocycles. The molecule has 0 aromatic heterocycles. The monoisotopic (exact) mass is 402 g/mol. The van der Waals surface area contributed by atoms with Crippen LogP contribution in [0.1, 0.15) is 15.9 Å². The van der Waals surface area contributed by atoms with Crippen molar-refractivity contribution in [3.63, 3.8) is 0 Å². The summed E-state index contributed by atoms with van der Waals surface area (Å²) in [5.74, 6) is -2.54. The lowest BCUT2D eigenvalue weighted by atomic mass is 10.1. The van der Waals surface area contributed by atoms with Gasteiger partial charge in [-0.1, -0.05) is 17.7 Å². The van der Waals surface area contributed by atoms with E-state index in [2.05, 4.69) is 0 Å². The van der Waals surface area contributed by atoms with E-state index in [0.717, 1.165) is 16.4 Å². The van der Waals surface area contributed by atoms with E-state index in [1.54, 1.807) is 0 Å². The fraction of sp³-hybridized carbons (Fsp3) is 0.235. The molecule has 0 radical (unpaired) electrons. The number of rotatable bonds is 5. The second-order valence-electron chi connectivity index (χ2n) is 5.84. The number of hydrogen-bond acceptors (Lipinski definition) is 3. The van der Waals surface area contributed by atoms with Gasteiger partial charge in [-0.25, -0.2) is 21.5 Å². The molecular weight excluding hydrogens is 386 g/mol. The Hall–Kier alpha value is -2.03. The molecule has 0 aliphatic heterocycles. The molecule has 140 valence electrons. The molecule has 1 amide bonds.